The Balaban J connectivity index is 1.66. The quantitative estimate of drug-likeness (QED) is 0.930. The summed E-state index contributed by atoms with van der Waals surface area (Å²) in [7, 11) is 1.62. The molecule has 21 heavy (non-hydrogen) atoms. The van der Waals surface area contributed by atoms with Gasteiger partial charge in [-0.1, -0.05) is 11.6 Å². The van der Waals surface area contributed by atoms with E-state index in [4.69, 9.17) is 16.3 Å². The van der Waals surface area contributed by atoms with Crippen LogP contribution in [0.3, 0.4) is 0 Å². The zero-order valence-electron chi connectivity index (χ0n) is 12.3. The van der Waals surface area contributed by atoms with E-state index in [9.17, 15) is 4.79 Å². The Kier molecular flexibility index (Phi) is 4.24. The molecule has 0 spiro atoms. The highest BCUT2D eigenvalue weighted by Gasteiger charge is 2.32. The van der Waals surface area contributed by atoms with Gasteiger partial charge in [0.1, 0.15) is 5.75 Å². The zero-order chi connectivity index (χ0) is 14.8. The van der Waals surface area contributed by atoms with Gasteiger partial charge in [0.2, 0.25) is 5.91 Å². The van der Waals surface area contributed by atoms with Gasteiger partial charge in [-0.3, -0.25) is 4.79 Å². The number of amides is 1. The summed E-state index contributed by atoms with van der Waals surface area (Å²) >= 11 is 6.07. The number of ether oxygens (including phenoxy) is 1. The number of nitrogens with one attached hydrogen (secondary N) is 1. The van der Waals surface area contributed by atoms with Crippen molar-refractivity contribution in [2.45, 2.75) is 31.7 Å². The molecule has 2 fully saturated rings. The molecular weight excluding hydrogens is 288 g/mol. The smallest absolute Gasteiger partial charge is 0.223 e. The van der Waals surface area contributed by atoms with E-state index in [2.05, 4.69) is 10.2 Å². The fourth-order valence-corrected chi connectivity index (χ4v) is 3.03. The maximum Gasteiger partial charge on any atom is 0.223 e. The van der Waals surface area contributed by atoms with Gasteiger partial charge in [-0.25, -0.2) is 0 Å². The summed E-state index contributed by atoms with van der Waals surface area (Å²) in [5.74, 6) is 1.20. The van der Waals surface area contributed by atoms with Crippen molar-refractivity contribution < 1.29 is 9.53 Å². The number of hydrogen-bond acceptors (Lipinski definition) is 3. The fraction of sp³-hybridized carbons (Fsp3) is 0.562. The van der Waals surface area contributed by atoms with Crippen LogP contribution in [0.25, 0.3) is 0 Å². The molecule has 3 rings (SSSR count). The molecule has 1 aromatic rings. The van der Waals surface area contributed by atoms with Crippen LogP contribution in [0.2, 0.25) is 5.02 Å². The number of hydrogen-bond donors (Lipinski definition) is 1. The molecule has 114 valence electrons. The molecular formula is C16H21ClN2O2. The number of piperidine rings is 1. The van der Waals surface area contributed by atoms with Gasteiger partial charge in [-0.05, 0) is 37.8 Å². The lowest BCUT2D eigenvalue weighted by Gasteiger charge is -2.35. The first-order valence-electron chi connectivity index (χ1n) is 7.56. The third kappa shape index (κ3) is 3.43. The van der Waals surface area contributed by atoms with E-state index in [1.807, 2.05) is 18.2 Å². The third-order valence-electron chi connectivity index (χ3n) is 4.22. The highest BCUT2D eigenvalue weighted by Crippen LogP contribution is 2.31. The van der Waals surface area contributed by atoms with E-state index in [0.717, 1.165) is 44.5 Å². The minimum atomic E-state index is 0.232. The third-order valence-corrected chi connectivity index (χ3v) is 4.53. The lowest BCUT2D eigenvalue weighted by Crippen LogP contribution is -2.48. The van der Waals surface area contributed by atoms with Crippen molar-refractivity contribution in [1.29, 1.82) is 0 Å². The highest BCUT2D eigenvalue weighted by atomic mass is 35.5. The highest BCUT2D eigenvalue weighted by molar-refractivity contribution is 6.32. The molecule has 1 amide bonds. The Labute approximate surface area is 130 Å². The van der Waals surface area contributed by atoms with Crippen LogP contribution in [-0.2, 0) is 4.79 Å². The molecule has 1 saturated carbocycles. The lowest BCUT2D eigenvalue weighted by atomic mass is 10.0. The van der Waals surface area contributed by atoms with Gasteiger partial charge in [0.25, 0.3) is 0 Å². The van der Waals surface area contributed by atoms with E-state index in [1.54, 1.807) is 7.11 Å². The summed E-state index contributed by atoms with van der Waals surface area (Å²) < 4.78 is 5.28. The van der Waals surface area contributed by atoms with Crippen LogP contribution in [0.4, 0.5) is 5.69 Å². The summed E-state index contributed by atoms with van der Waals surface area (Å²) in [6.07, 6.45) is 4.24. The maximum atomic E-state index is 11.9. The molecule has 1 atom stereocenters. The Bertz CT molecular complexity index is 531. The van der Waals surface area contributed by atoms with Crippen LogP contribution in [0.15, 0.2) is 18.2 Å². The van der Waals surface area contributed by atoms with Gasteiger partial charge in [0.05, 0.1) is 12.1 Å². The lowest BCUT2D eigenvalue weighted by molar-refractivity contribution is -0.123. The van der Waals surface area contributed by atoms with Crippen molar-refractivity contribution in [2.75, 3.05) is 25.1 Å². The number of benzene rings is 1. The number of methoxy groups -OCH3 is 1. The predicted molar refractivity (Wildman–Crippen MR) is 84.1 cm³/mol. The first-order valence-corrected chi connectivity index (χ1v) is 7.94. The maximum absolute atomic E-state index is 11.9. The molecule has 1 aliphatic carbocycles. The minimum Gasteiger partial charge on any atom is -0.495 e. The Morgan fingerprint density at radius 2 is 2.19 bits per heavy atom. The Morgan fingerprint density at radius 3 is 2.90 bits per heavy atom. The molecule has 1 saturated heterocycles. The van der Waals surface area contributed by atoms with E-state index in [1.165, 1.54) is 0 Å². The monoisotopic (exact) mass is 308 g/mol. The standard InChI is InChI=1S/C16H21ClN2O2/c1-21-15-9-13(6-7-14(15)17)19-8-2-3-12(10-19)18-16(20)11-4-5-11/h6-7,9,11-12H,2-5,8,10H2,1H3,(H,18,20)/t12-/m1/s1. The van der Waals surface area contributed by atoms with E-state index in [0.29, 0.717) is 10.8 Å². The molecule has 0 bridgehead atoms. The number of carbonyl (C=O) groups is 1. The van der Waals surface area contributed by atoms with Crippen LogP contribution in [0.5, 0.6) is 5.75 Å². The Morgan fingerprint density at radius 1 is 1.38 bits per heavy atom. The molecule has 1 aromatic carbocycles. The summed E-state index contributed by atoms with van der Waals surface area (Å²) in [5.41, 5.74) is 1.10. The zero-order valence-corrected chi connectivity index (χ0v) is 13.0. The van der Waals surface area contributed by atoms with Crippen molar-refractivity contribution in [3.63, 3.8) is 0 Å². The number of carbonyl (C=O) groups excluding carboxylic acids is 1. The predicted octanol–water partition coefficient (Wildman–Crippen LogP) is 2.84. The first kappa shape index (κ1) is 14.5. The number of nitrogens with zero attached hydrogens (tertiary/aromatic N) is 1. The molecule has 4 nitrogen and oxygen atoms in total. The second-order valence-corrected chi connectivity index (χ2v) is 6.29. The topological polar surface area (TPSA) is 41.6 Å². The number of anilines is 1. The van der Waals surface area contributed by atoms with E-state index >= 15 is 0 Å². The minimum absolute atomic E-state index is 0.232. The molecule has 1 N–H and O–H groups in total. The molecule has 0 radical (unpaired) electrons. The van der Waals surface area contributed by atoms with Crippen molar-refractivity contribution in [3.05, 3.63) is 23.2 Å². The van der Waals surface area contributed by atoms with Gasteiger partial charge in [0.15, 0.2) is 0 Å². The van der Waals surface area contributed by atoms with Crippen LogP contribution < -0.4 is 15.0 Å². The summed E-state index contributed by atoms with van der Waals surface area (Å²) in [5, 5.41) is 3.80. The molecule has 1 heterocycles. The van der Waals surface area contributed by atoms with Gasteiger partial charge in [-0.15, -0.1) is 0 Å². The normalized spacial score (nSPS) is 22.0. The van der Waals surface area contributed by atoms with Gasteiger partial charge < -0.3 is 15.0 Å². The summed E-state index contributed by atoms with van der Waals surface area (Å²) in [6.45, 7) is 1.85. The SMILES string of the molecule is COc1cc(N2CCC[C@@H](NC(=O)C3CC3)C2)ccc1Cl. The molecule has 5 heteroatoms. The van der Waals surface area contributed by atoms with E-state index in [-0.39, 0.29) is 17.9 Å². The molecule has 2 aliphatic rings. The van der Waals surface area contributed by atoms with Crippen molar-refractivity contribution in [3.8, 4) is 5.75 Å². The second-order valence-electron chi connectivity index (χ2n) is 5.89. The van der Waals surface area contributed by atoms with Gasteiger partial charge in [-0.2, -0.15) is 0 Å². The number of halogens is 1. The fourth-order valence-electron chi connectivity index (χ4n) is 2.84. The average molecular weight is 309 g/mol. The van der Waals surface area contributed by atoms with Crippen molar-refractivity contribution in [2.24, 2.45) is 5.92 Å². The second kappa shape index (κ2) is 6.14. The van der Waals surface area contributed by atoms with Crippen molar-refractivity contribution >= 4 is 23.2 Å². The van der Waals surface area contributed by atoms with Gasteiger partial charge >= 0.3 is 0 Å². The molecule has 0 aromatic heterocycles. The van der Waals surface area contributed by atoms with Crippen LogP contribution in [0.1, 0.15) is 25.7 Å². The summed E-state index contributed by atoms with van der Waals surface area (Å²) in [4.78, 5) is 14.2. The summed E-state index contributed by atoms with van der Waals surface area (Å²) in [6, 6.07) is 6.08. The van der Waals surface area contributed by atoms with Crippen LogP contribution in [0, 0.1) is 5.92 Å². The molecule has 1 aliphatic heterocycles. The van der Waals surface area contributed by atoms with Crippen LogP contribution >= 0.6 is 11.6 Å². The van der Waals surface area contributed by atoms with Crippen molar-refractivity contribution in [1.82, 2.24) is 5.32 Å². The Hall–Kier alpha value is -1.42. The number of rotatable bonds is 4. The molecule has 0 unspecified atom stereocenters. The van der Waals surface area contributed by atoms with Gasteiger partial charge in [0, 0.05) is 36.8 Å². The van der Waals surface area contributed by atoms with E-state index < -0.39 is 0 Å². The average Bonchev–Trinajstić information content (AvgIpc) is 3.33. The first-order chi connectivity index (χ1) is 10.2. The largest absolute Gasteiger partial charge is 0.495 e. The van der Waals surface area contributed by atoms with Crippen LogP contribution in [-0.4, -0.2) is 32.1 Å².